The number of hydrogen-bond donors (Lipinski definition) is 3. The molecule has 0 aliphatic carbocycles. The standard InChI is InChI=1S/C14H21NO3/c1-2-3-4-5-8-15-10-14(18)11-6-7-12(16)13(17)9-11/h6-7,9,15-17H,2-5,8,10H2,1H3. The van der Waals surface area contributed by atoms with Crippen molar-refractivity contribution in [3.8, 4) is 11.5 Å². The molecule has 0 aromatic heterocycles. The Balaban J connectivity index is 2.30. The van der Waals surface area contributed by atoms with Crippen molar-refractivity contribution >= 4 is 5.78 Å². The van der Waals surface area contributed by atoms with Gasteiger partial charge in [-0.2, -0.15) is 0 Å². The molecule has 0 aliphatic rings. The van der Waals surface area contributed by atoms with Crippen LogP contribution >= 0.6 is 0 Å². The number of rotatable bonds is 8. The van der Waals surface area contributed by atoms with E-state index in [4.69, 9.17) is 5.11 Å². The molecule has 0 bridgehead atoms. The van der Waals surface area contributed by atoms with E-state index < -0.39 is 0 Å². The lowest BCUT2D eigenvalue weighted by Gasteiger charge is -2.05. The Morgan fingerprint density at radius 1 is 1.17 bits per heavy atom. The number of unbranched alkanes of at least 4 members (excludes halogenated alkanes) is 3. The molecule has 0 amide bonds. The zero-order valence-electron chi connectivity index (χ0n) is 10.8. The van der Waals surface area contributed by atoms with Gasteiger partial charge in [-0.25, -0.2) is 0 Å². The molecule has 0 saturated heterocycles. The summed E-state index contributed by atoms with van der Waals surface area (Å²) in [7, 11) is 0. The van der Waals surface area contributed by atoms with Crippen molar-refractivity contribution in [1.82, 2.24) is 5.32 Å². The SMILES string of the molecule is CCCCCCNCC(=O)c1ccc(O)c(O)c1. The maximum atomic E-state index is 11.7. The third-order valence-corrected chi connectivity index (χ3v) is 2.79. The molecule has 0 atom stereocenters. The minimum atomic E-state index is -0.260. The molecule has 4 heteroatoms. The van der Waals surface area contributed by atoms with Crippen LogP contribution in [0.5, 0.6) is 11.5 Å². The zero-order valence-corrected chi connectivity index (χ0v) is 10.8. The average molecular weight is 251 g/mol. The summed E-state index contributed by atoms with van der Waals surface area (Å²) in [6.45, 7) is 3.25. The predicted molar refractivity (Wildman–Crippen MR) is 71.1 cm³/mol. The van der Waals surface area contributed by atoms with Gasteiger partial charge in [0.1, 0.15) is 0 Å². The lowest BCUT2D eigenvalue weighted by Crippen LogP contribution is -2.24. The number of carbonyl (C=O) groups is 1. The Morgan fingerprint density at radius 3 is 2.61 bits per heavy atom. The quantitative estimate of drug-likeness (QED) is 0.377. The van der Waals surface area contributed by atoms with E-state index in [0.717, 1.165) is 13.0 Å². The summed E-state index contributed by atoms with van der Waals surface area (Å²) in [6.07, 6.45) is 4.67. The molecule has 3 N–H and O–H groups in total. The van der Waals surface area contributed by atoms with Crippen LogP contribution in [-0.2, 0) is 0 Å². The van der Waals surface area contributed by atoms with E-state index in [1.54, 1.807) is 0 Å². The lowest BCUT2D eigenvalue weighted by molar-refractivity contribution is 0.0990. The van der Waals surface area contributed by atoms with Crippen molar-refractivity contribution in [1.29, 1.82) is 0 Å². The molecule has 0 aliphatic heterocycles. The van der Waals surface area contributed by atoms with Crippen LogP contribution in [0.25, 0.3) is 0 Å². The predicted octanol–water partition coefficient (Wildman–Crippen LogP) is 2.45. The average Bonchev–Trinajstić information content (AvgIpc) is 2.36. The van der Waals surface area contributed by atoms with E-state index in [0.29, 0.717) is 5.56 Å². The molecule has 0 heterocycles. The molecular weight excluding hydrogens is 230 g/mol. The molecule has 0 unspecified atom stereocenters. The Morgan fingerprint density at radius 2 is 1.94 bits per heavy atom. The van der Waals surface area contributed by atoms with Gasteiger partial charge in [-0.05, 0) is 31.2 Å². The van der Waals surface area contributed by atoms with Crippen LogP contribution in [0, 0.1) is 0 Å². The molecule has 18 heavy (non-hydrogen) atoms. The van der Waals surface area contributed by atoms with Crippen molar-refractivity contribution in [2.75, 3.05) is 13.1 Å². The molecule has 1 rings (SSSR count). The van der Waals surface area contributed by atoms with Crippen molar-refractivity contribution in [3.63, 3.8) is 0 Å². The summed E-state index contributed by atoms with van der Waals surface area (Å²) in [5.74, 6) is -0.552. The van der Waals surface area contributed by atoms with Crippen LogP contribution in [0.15, 0.2) is 18.2 Å². The van der Waals surface area contributed by atoms with Gasteiger partial charge in [0, 0.05) is 5.56 Å². The largest absolute Gasteiger partial charge is 0.504 e. The van der Waals surface area contributed by atoms with Crippen LogP contribution in [-0.4, -0.2) is 29.1 Å². The van der Waals surface area contributed by atoms with Crippen LogP contribution in [0.1, 0.15) is 43.0 Å². The second-order valence-electron chi connectivity index (χ2n) is 4.36. The number of hydrogen-bond acceptors (Lipinski definition) is 4. The Labute approximate surface area is 108 Å². The van der Waals surface area contributed by atoms with Crippen LogP contribution in [0.4, 0.5) is 0 Å². The molecule has 4 nitrogen and oxygen atoms in total. The first kappa shape index (κ1) is 14.5. The number of Topliss-reactive ketones (excluding diaryl/α,β-unsaturated/α-hetero) is 1. The van der Waals surface area contributed by atoms with Crippen LogP contribution < -0.4 is 5.32 Å². The summed E-state index contributed by atoms with van der Waals surface area (Å²) in [5.41, 5.74) is 0.409. The third kappa shape index (κ3) is 4.75. The van der Waals surface area contributed by atoms with Gasteiger partial charge in [-0.15, -0.1) is 0 Å². The first-order valence-electron chi connectivity index (χ1n) is 6.41. The van der Waals surface area contributed by atoms with Gasteiger partial charge in [0.15, 0.2) is 17.3 Å². The van der Waals surface area contributed by atoms with E-state index in [1.165, 1.54) is 37.5 Å². The van der Waals surface area contributed by atoms with Crippen molar-refractivity contribution in [3.05, 3.63) is 23.8 Å². The second-order valence-corrected chi connectivity index (χ2v) is 4.36. The molecule has 0 spiro atoms. The van der Waals surface area contributed by atoms with Gasteiger partial charge in [0.05, 0.1) is 6.54 Å². The maximum Gasteiger partial charge on any atom is 0.176 e. The second kappa shape index (κ2) is 7.71. The highest BCUT2D eigenvalue weighted by atomic mass is 16.3. The minimum absolute atomic E-state index is 0.0826. The van der Waals surface area contributed by atoms with Crippen molar-refractivity contribution in [2.24, 2.45) is 0 Å². The fourth-order valence-electron chi connectivity index (χ4n) is 1.68. The van der Waals surface area contributed by atoms with E-state index >= 15 is 0 Å². The monoisotopic (exact) mass is 251 g/mol. The summed E-state index contributed by atoms with van der Waals surface area (Å²) >= 11 is 0. The summed E-state index contributed by atoms with van der Waals surface area (Å²) in [4.78, 5) is 11.7. The normalized spacial score (nSPS) is 10.5. The van der Waals surface area contributed by atoms with Gasteiger partial charge in [0.2, 0.25) is 0 Å². The molecule has 0 radical (unpaired) electrons. The highest BCUT2D eigenvalue weighted by molar-refractivity contribution is 5.98. The Kier molecular flexibility index (Phi) is 6.22. The van der Waals surface area contributed by atoms with Crippen molar-refractivity contribution < 1.29 is 15.0 Å². The van der Waals surface area contributed by atoms with Crippen molar-refractivity contribution in [2.45, 2.75) is 32.6 Å². The van der Waals surface area contributed by atoms with Crippen LogP contribution in [0.2, 0.25) is 0 Å². The number of benzene rings is 1. The number of nitrogens with one attached hydrogen (secondary N) is 1. The molecule has 1 aromatic carbocycles. The van der Waals surface area contributed by atoms with E-state index in [-0.39, 0.29) is 23.8 Å². The zero-order chi connectivity index (χ0) is 13.4. The lowest BCUT2D eigenvalue weighted by atomic mass is 10.1. The molecule has 0 fully saturated rings. The van der Waals surface area contributed by atoms with Gasteiger partial charge in [-0.3, -0.25) is 4.79 Å². The summed E-state index contributed by atoms with van der Waals surface area (Å²) in [6, 6.07) is 4.12. The number of carbonyl (C=O) groups excluding carboxylic acids is 1. The topological polar surface area (TPSA) is 69.6 Å². The highest BCUT2D eigenvalue weighted by Crippen LogP contribution is 2.24. The number of phenolic OH excluding ortho intramolecular Hbond substituents is 2. The first-order chi connectivity index (χ1) is 8.65. The molecule has 100 valence electrons. The van der Waals surface area contributed by atoms with Gasteiger partial charge < -0.3 is 15.5 Å². The third-order valence-electron chi connectivity index (χ3n) is 2.79. The van der Waals surface area contributed by atoms with Gasteiger partial charge in [0.25, 0.3) is 0 Å². The number of ketones is 1. The van der Waals surface area contributed by atoms with E-state index in [2.05, 4.69) is 12.2 Å². The first-order valence-corrected chi connectivity index (χ1v) is 6.41. The minimum Gasteiger partial charge on any atom is -0.504 e. The number of phenols is 2. The fraction of sp³-hybridized carbons (Fsp3) is 0.500. The van der Waals surface area contributed by atoms with E-state index in [1.807, 2.05) is 0 Å². The maximum absolute atomic E-state index is 11.7. The Hall–Kier alpha value is -1.55. The number of aromatic hydroxyl groups is 2. The fourth-order valence-corrected chi connectivity index (χ4v) is 1.68. The molecule has 0 saturated carbocycles. The molecular formula is C14H21NO3. The molecule has 1 aromatic rings. The van der Waals surface area contributed by atoms with E-state index in [9.17, 15) is 9.90 Å². The summed E-state index contributed by atoms with van der Waals surface area (Å²) < 4.78 is 0. The smallest absolute Gasteiger partial charge is 0.176 e. The Bertz CT molecular complexity index is 391. The van der Waals surface area contributed by atoms with Crippen LogP contribution in [0.3, 0.4) is 0 Å². The van der Waals surface area contributed by atoms with Gasteiger partial charge in [-0.1, -0.05) is 26.2 Å². The summed E-state index contributed by atoms with van der Waals surface area (Å²) in [5, 5.41) is 21.5. The highest BCUT2D eigenvalue weighted by Gasteiger charge is 2.08. The van der Waals surface area contributed by atoms with Gasteiger partial charge >= 0.3 is 0 Å².